The summed E-state index contributed by atoms with van der Waals surface area (Å²) in [5, 5.41) is 1.55. The molecule has 0 atom stereocenters. The van der Waals surface area contributed by atoms with Gasteiger partial charge in [-0.2, -0.15) is 0 Å². The summed E-state index contributed by atoms with van der Waals surface area (Å²) in [5.74, 6) is 0.586. The molecule has 1 aromatic rings. The number of halogens is 2. The molecule has 0 unspecified atom stereocenters. The molecule has 1 aromatic heterocycles. The van der Waals surface area contributed by atoms with Crippen LogP contribution in [0.1, 0.15) is 19.8 Å². The Hall–Kier alpha value is -1.65. The molecule has 0 aliphatic heterocycles. The van der Waals surface area contributed by atoms with Crippen LogP contribution in [-0.2, 0) is 0 Å². The molecule has 0 N–H and O–H groups in total. The molecule has 1 aliphatic rings. The predicted molar refractivity (Wildman–Crippen MR) is 97.9 cm³/mol. The van der Waals surface area contributed by atoms with Crippen LogP contribution in [0, 0.1) is 0 Å². The Balaban J connectivity index is 2.03. The number of rotatable bonds is 6. The molecule has 1 aliphatic carbocycles. The number of nitrogens with zero attached hydrogens (tertiary/aromatic N) is 2. The van der Waals surface area contributed by atoms with Crippen molar-refractivity contribution in [2.45, 2.75) is 24.8 Å². The SMILES string of the molecule is C=C(C)N=C(CCSc1ccc(Cl)cn1)C1=CC=C(F)C=CC1. The largest absolute Gasteiger partial charge is 0.258 e. The third kappa shape index (κ3) is 6.16. The van der Waals surface area contributed by atoms with Gasteiger partial charge in [0, 0.05) is 23.4 Å². The lowest BCUT2D eigenvalue weighted by atomic mass is 10.0. The zero-order valence-corrected chi connectivity index (χ0v) is 14.5. The minimum atomic E-state index is -0.241. The van der Waals surface area contributed by atoms with Crippen LogP contribution in [0.3, 0.4) is 0 Å². The second-order valence-electron chi connectivity index (χ2n) is 5.06. The molecule has 23 heavy (non-hydrogen) atoms. The van der Waals surface area contributed by atoms with E-state index in [0.29, 0.717) is 11.4 Å². The number of pyridine rings is 1. The van der Waals surface area contributed by atoms with Gasteiger partial charge in [-0.25, -0.2) is 9.37 Å². The second-order valence-corrected chi connectivity index (χ2v) is 6.61. The molecule has 0 bridgehead atoms. The van der Waals surface area contributed by atoms with Crippen LogP contribution in [0.15, 0.2) is 76.3 Å². The van der Waals surface area contributed by atoms with Crippen LogP contribution in [0.25, 0.3) is 0 Å². The molecule has 0 amide bonds. The van der Waals surface area contributed by atoms with E-state index in [-0.39, 0.29) is 5.83 Å². The molecule has 0 fully saturated rings. The number of allylic oxidation sites excluding steroid dienone is 7. The van der Waals surface area contributed by atoms with Crippen molar-refractivity contribution < 1.29 is 4.39 Å². The molecule has 2 rings (SSSR count). The minimum absolute atomic E-state index is 0.241. The zero-order chi connectivity index (χ0) is 16.7. The molecule has 1 heterocycles. The first-order chi connectivity index (χ1) is 11.0. The summed E-state index contributed by atoms with van der Waals surface area (Å²) in [4.78, 5) is 8.79. The van der Waals surface area contributed by atoms with E-state index in [1.54, 1.807) is 24.0 Å². The monoisotopic (exact) mass is 348 g/mol. The lowest BCUT2D eigenvalue weighted by Gasteiger charge is -2.09. The van der Waals surface area contributed by atoms with Gasteiger partial charge in [0.05, 0.1) is 10.0 Å². The normalized spacial score (nSPS) is 15.0. The van der Waals surface area contributed by atoms with Crippen molar-refractivity contribution in [3.8, 4) is 0 Å². The zero-order valence-electron chi connectivity index (χ0n) is 12.9. The van der Waals surface area contributed by atoms with Crippen molar-refractivity contribution >= 4 is 29.1 Å². The Labute approximate surface area is 145 Å². The topological polar surface area (TPSA) is 25.2 Å². The van der Waals surface area contributed by atoms with Crippen molar-refractivity contribution in [3.63, 3.8) is 0 Å². The van der Waals surface area contributed by atoms with Crippen LogP contribution in [-0.4, -0.2) is 16.4 Å². The van der Waals surface area contributed by atoms with Gasteiger partial charge in [0.25, 0.3) is 0 Å². The highest BCUT2D eigenvalue weighted by molar-refractivity contribution is 7.99. The summed E-state index contributed by atoms with van der Waals surface area (Å²) in [6, 6.07) is 3.72. The van der Waals surface area contributed by atoms with E-state index >= 15 is 0 Å². The number of thioether (sulfide) groups is 1. The first-order valence-electron chi connectivity index (χ1n) is 7.25. The molecule has 0 saturated heterocycles. The van der Waals surface area contributed by atoms with E-state index in [2.05, 4.69) is 16.6 Å². The van der Waals surface area contributed by atoms with Gasteiger partial charge in [-0.15, -0.1) is 11.8 Å². The van der Waals surface area contributed by atoms with Crippen LogP contribution in [0.4, 0.5) is 4.39 Å². The van der Waals surface area contributed by atoms with Crippen LogP contribution >= 0.6 is 23.4 Å². The molecular formula is C18H18ClFN2S. The molecular weight excluding hydrogens is 331 g/mol. The molecule has 120 valence electrons. The smallest absolute Gasteiger partial charge is 0.122 e. The first-order valence-corrected chi connectivity index (χ1v) is 8.61. The summed E-state index contributed by atoms with van der Waals surface area (Å²) in [7, 11) is 0. The van der Waals surface area contributed by atoms with Gasteiger partial charge in [-0.3, -0.25) is 4.99 Å². The fraction of sp³-hybridized carbons (Fsp3) is 0.222. The molecule has 0 spiro atoms. The summed E-state index contributed by atoms with van der Waals surface area (Å²) in [6.45, 7) is 5.71. The van der Waals surface area contributed by atoms with Gasteiger partial charge < -0.3 is 0 Å². The number of aromatic nitrogens is 1. The number of aliphatic imine (C=N–C) groups is 1. The Morgan fingerprint density at radius 3 is 2.96 bits per heavy atom. The van der Waals surface area contributed by atoms with Crippen LogP contribution < -0.4 is 0 Å². The van der Waals surface area contributed by atoms with Crippen molar-refractivity contribution in [3.05, 3.63) is 71.3 Å². The van der Waals surface area contributed by atoms with Gasteiger partial charge in [0.1, 0.15) is 5.83 Å². The van der Waals surface area contributed by atoms with Crippen molar-refractivity contribution in [2.75, 3.05) is 5.75 Å². The van der Waals surface area contributed by atoms with Gasteiger partial charge in [0.15, 0.2) is 0 Å². The quantitative estimate of drug-likeness (QED) is 0.470. The third-order valence-corrected chi connectivity index (χ3v) is 4.21. The standard InChI is InChI=1S/C18H18ClFN2S/c1-13(2)22-17(14-4-3-5-16(20)8-6-14)10-11-23-18-9-7-15(19)12-21-18/h3,5-9,12H,1,4,10-11H2,2H3. The fourth-order valence-corrected chi connectivity index (χ4v) is 2.94. The average Bonchev–Trinajstić information content (AvgIpc) is 2.72. The van der Waals surface area contributed by atoms with E-state index < -0.39 is 0 Å². The average molecular weight is 349 g/mol. The Morgan fingerprint density at radius 2 is 2.26 bits per heavy atom. The predicted octanol–water partition coefficient (Wildman–Crippen LogP) is 5.93. The van der Waals surface area contributed by atoms with E-state index in [1.165, 1.54) is 12.2 Å². The maximum Gasteiger partial charge on any atom is 0.122 e. The summed E-state index contributed by atoms with van der Waals surface area (Å²) in [6.07, 6.45) is 9.62. The van der Waals surface area contributed by atoms with Crippen molar-refractivity contribution in [2.24, 2.45) is 4.99 Å². The van der Waals surface area contributed by atoms with E-state index in [1.807, 2.05) is 25.1 Å². The molecule has 0 radical (unpaired) electrons. The lowest BCUT2D eigenvalue weighted by molar-refractivity contribution is 0.667. The highest BCUT2D eigenvalue weighted by Crippen LogP contribution is 2.21. The molecule has 0 saturated carbocycles. The third-order valence-electron chi connectivity index (χ3n) is 3.04. The summed E-state index contributed by atoms with van der Waals surface area (Å²) >= 11 is 7.47. The Morgan fingerprint density at radius 1 is 1.43 bits per heavy atom. The van der Waals surface area contributed by atoms with Crippen molar-refractivity contribution in [1.82, 2.24) is 4.98 Å². The molecule has 0 aromatic carbocycles. The van der Waals surface area contributed by atoms with Gasteiger partial charge in [-0.1, -0.05) is 30.3 Å². The first kappa shape index (κ1) is 17.7. The Bertz CT molecular complexity index is 687. The number of hydrogen-bond donors (Lipinski definition) is 0. The second kappa shape index (κ2) is 8.85. The maximum atomic E-state index is 13.3. The van der Waals surface area contributed by atoms with E-state index in [9.17, 15) is 4.39 Å². The van der Waals surface area contributed by atoms with Crippen molar-refractivity contribution in [1.29, 1.82) is 0 Å². The van der Waals surface area contributed by atoms with Gasteiger partial charge in [-0.05, 0) is 49.6 Å². The Kier molecular flexibility index (Phi) is 6.81. The maximum absolute atomic E-state index is 13.3. The number of hydrogen-bond acceptors (Lipinski definition) is 3. The lowest BCUT2D eigenvalue weighted by Crippen LogP contribution is -2.05. The van der Waals surface area contributed by atoms with E-state index in [0.717, 1.165) is 34.2 Å². The highest BCUT2D eigenvalue weighted by atomic mass is 35.5. The summed E-state index contributed by atoms with van der Waals surface area (Å²) in [5.41, 5.74) is 2.70. The van der Waals surface area contributed by atoms with Gasteiger partial charge in [0.2, 0.25) is 0 Å². The highest BCUT2D eigenvalue weighted by Gasteiger charge is 2.09. The fourth-order valence-electron chi connectivity index (χ4n) is 2.03. The van der Waals surface area contributed by atoms with E-state index in [4.69, 9.17) is 11.6 Å². The van der Waals surface area contributed by atoms with Gasteiger partial charge >= 0.3 is 0 Å². The summed E-state index contributed by atoms with van der Waals surface area (Å²) < 4.78 is 13.3. The van der Waals surface area contributed by atoms with Crippen LogP contribution in [0.2, 0.25) is 5.02 Å². The minimum Gasteiger partial charge on any atom is -0.258 e. The van der Waals surface area contributed by atoms with Crippen LogP contribution in [0.5, 0.6) is 0 Å². The molecule has 5 heteroatoms. The molecule has 2 nitrogen and oxygen atoms in total.